The number of anilines is 1. The third kappa shape index (κ3) is 2.98. The summed E-state index contributed by atoms with van der Waals surface area (Å²) >= 11 is 11.7. The number of amides is 2. The maximum Gasteiger partial charge on any atom is 0.319 e. The van der Waals surface area contributed by atoms with E-state index in [-0.39, 0.29) is 28.0 Å². The summed E-state index contributed by atoms with van der Waals surface area (Å²) in [5.74, 6) is -0.270. The van der Waals surface area contributed by atoms with Crippen LogP contribution < -0.4 is 10.6 Å². The first-order valence-corrected chi connectivity index (χ1v) is 6.54. The maximum atomic E-state index is 11.6. The van der Waals surface area contributed by atoms with E-state index in [1.54, 1.807) is 0 Å². The Morgan fingerprint density at radius 3 is 2.40 bits per heavy atom. The molecule has 2 amide bonds. The van der Waals surface area contributed by atoms with Gasteiger partial charge in [-0.25, -0.2) is 4.79 Å². The molecule has 0 aliphatic heterocycles. The smallest absolute Gasteiger partial charge is 0.319 e. The third-order valence-electron chi connectivity index (χ3n) is 2.79. The fourth-order valence-electron chi connectivity index (χ4n) is 1.80. The molecule has 3 N–H and O–H groups in total. The quantitative estimate of drug-likeness (QED) is 0.905. The van der Waals surface area contributed by atoms with Crippen LogP contribution in [0.3, 0.4) is 0 Å². The molecule has 0 radical (unpaired) electrons. The van der Waals surface area contributed by atoms with E-state index in [4.69, 9.17) is 28.9 Å². The first-order valence-electron chi connectivity index (χ1n) is 5.78. The van der Waals surface area contributed by atoms with Crippen molar-refractivity contribution in [2.75, 3.05) is 4.90 Å². The Morgan fingerprint density at radius 1 is 1.15 bits per heavy atom. The van der Waals surface area contributed by atoms with Crippen molar-refractivity contribution in [1.29, 1.82) is 0 Å². The standard InChI is InChI=1S/C14H12Cl2N2O2/c15-10-6-7-11(13(19)12(10)16)18(14(17)20)8-9-4-2-1-3-5-9/h1-7,19H,8H2,(H2,17,20). The second-order valence-corrected chi connectivity index (χ2v) is 4.92. The van der Waals surface area contributed by atoms with Gasteiger partial charge in [0.25, 0.3) is 0 Å². The number of phenols is 1. The van der Waals surface area contributed by atoms with Gasteiger partial charge < -0.3 is 10.8 Å². The highest BCUT2D eigenvalue weighted by molar-refractivity contribution is 6.43. The summed E-state index contributed by atoms with van der Waals surface area (Å²) in [6.45, 7) is 0.224. The highest BCUT2D eigenvalue weighted by Gasteiger charge is 2.19. The number of benzene rings is 2. The molecular formula is C14H12Cl2N2O2. The summed E-state index contributed by atoms with van der Waals surface area (Å²) in [5, 5.41) is 10.2. The van der Waals surface area contributed by atoms with Crippen LogP contribution in [0.5, 0.6) is 5.75 Å². The van der Waals surface area contributed by atoms with E-state index in [2.05, 4.69) is 0 Å². The number of carbonyl (C=O) groups excluding carboxylic acids is 1. The van der Waals surface area contributed by atoms with Crippen LogP contribution in [-0.2, 0) is 6.54 Å². The minimum atomic E-state index is -0.692. The zero-order valence-electron chi connectivity index (χ0n) is 10.4. The Balaban J connectivity index is 2.40. The van der Waals surface area contributed by atoms with Crippen LogP contribution >= 0.6 is 23.2 Å². The zero-order chi connectivity index (χ0) is 14.7. The fraction of sp³-hybridized carbons (Fsp3) is 0.0714. The van der Waals surface area contributed by atoms with Crippen molar-refractivity contribution in [3.05, 3.63) is 58.1 Å². The number of nitrogens with zero attached hydrogens (tertiary/aromatic N) is 1. The number of halogens is 2. The molecule has 6 heteroatoms. The van der Waals surface area contributed by atoms with Crippen molar-refractivity contribution in [2.45, 2.75) is 6.54 Å². The summed E-state index contributed by atoms with van der Waals surface area (Å²) in [4.78, 5) is 12.8. The maximum absolute atomic E-state index is 11.6. The van der Waals surface area contributed by atoms with Crippen LogP contribution in [0.4, 0.5) is 10.5 Å². The lowest BCUT2D eigenvalue weighted by atomic mass is 10.2. The van der Waals surface area contributed by atoms with Gasteiger partial charge in [-0.1, -0.05) is 53.5 Å². The van der Waals surface area contributed by atoms with Crippen LogP contribution in [0.2, 0.25) is 10.0 Å². The van der Waals surface area contributed by atoms with Gasteiger partial charge in [0.1, 0.15) is 5.02 Å². The van der Waals surface area contributed by atoms with E-state index in [1.165, 1.54) is 17.0 Å². The highest BCUT2D eigenvalue weighted by Crippen LogP contribution is 2.39. The highest BCUT2D eigenvalue weighted by atomic mass is 35.5. The number of primary amides is 1. The van der Waals surface area contributed by atoms with E-state index < -0.39 is 6.03 Å². The number of hydrogen-bond acceptors (Lipinski definition) is 2. The number of aromatic hydroxyl groups is 1. The Kier molecular flexibility index (Phi) is 4.37. The molecule has 2 rings (SSSR count). The number of carbonyl (C=O) groups is 1. The lowest BCUT2D eigenvalue weighted by Gasteiger charge is -2.22. The van der Waals surface area contributed by atoms with E-state index >= 15 is 0 Å². The van der Waals surface area contributed by atoms with Crippen molar-refractivity contribution in [3.63, 3.8) is 0 Å². The van der Waals surface area contributed by atoms with Gasteiger partial charge in [-0.05, 0) is 17.7 Å². The van der Waals surface area contributed by atoms with Crippen LogP contribution in [-0.4, -0.2) is 11.1 Å². The minimum Gasteiger partial charge on any atom is -0.504 e. The summed E-state index contributed by atoms with van der Waals surface area (Å²) in [5.41, 5.74) is 6.46. The monoisotopic (exact) mass is 310 g/mol. The van der Waals surface area contributed by atoms with Crippen molar-refractivity contribution < 1.29 is 9.90 Å². The topological polar surface area (TPSA) is 66.6 Å². The molecule has 20 heavy (non-hydrogen) atoms. The Bertz CT molecular complexity index is 633. The van der Waals surface area contributed by atoms with Gasteiger partial charge in [0, 0.05) is 0 Å². The van der Waals surface area contributed by atoms with Crippen LogP contribution in [0.25, 0.3) is 0 Å². The van der Waals surface area contributed by atoms with Gasteiger partial charge in [0.05, 0.1) is 17.3 Å². The molecule has 2 aromatic carbocycles. The first kappa shape index (κ1) is 14.5. The van der Waals surface area contributed by atoms with Crippen LogP contribution in [0, 0.1) is 0 Å². The number of nitrogens with two attached hydrogens (primary N) is 1. The normalized spacial score (nSPS) is 10.3. The predicted octanol–water partition coefficient (Wildman–Crippen LogP) is 3.78. The van der Waals surface area contributed by atoms with Gasteiger partial charge in [0.2, 0.25) is 0 Å². The second-order valence-electron chi connectivity index (χ2n) is 4.14. The van der Waals surface area contributed by atoms with Crippen molar-refractivity contribution in [1.82, 2.24) is 0 Å². The Labute approximate surface area is 126 Å². The molecule has 0 unspecified atom stereocenters. The molecule has 104 valence electrons. The van der Waals surface area contributed by atoms with Crippen LogP contribution in [0.1, 0.15) is 5.56 Å². The largest absolute Gasteiger partial charge is 0.504 e. The van der Waals surface area contributed by atoms with Gasteiger partial charge in [-0.3, -0.25) is 4.90 Å². The first-order chi connectivity index (χ1) is 9.50. The molecule has 0 spiro atoms. The van der Waals surface area contributed by atoms with E-state index in [0.717, 1.165) is 5.56 Å². The number of phenolic OH excluding ortho intramolecular Hbond substituents is 1. The molecule has 4 nitrogen and oxygen atoms in total. The molecule has 2 aromatic rings. The average molecular weight is 311 g/mol. The Morgan fingerprint density at radius 2 is 1.80 bits per heavy atom. The minimum absolute atomic E-state index is 0.0107. The molecule has 0 aliphatic rings. The van der Waals surface area contributed by atoms with Crippen molar-refractivity contribution >= 4 is 34.9 Å². The zero-order valence-corrected chi connectivity index (χ0v) is 11.9. The molecule has 0 saturated carbocycles. The summed E-state index contributed by atoms with van der Waals surface area (Å²) < 4.78 is 0. The van der Waals surface area contributed by atoms with Crippen LogP contribution in [0.15, 0.2) is 42.5 Å². The molecule has 0 bridgehead atoms. The van der Waals surface area contributed by atoms with Gasteiger partial charge >= 0.3 is 6.03 Å². The molecule has 0 aromatic heterocycles. The fourth-order valence-corrected chi connectivity index (χ4v) is 2.11. The lowest BCUT2D eigenvalue weighted by molar-refractivity contribution is 0.253. The molecule has 0 saturated heterocycles. The number of rotatable bonds is 3. The summed E-state index contributed by atoms with van der Waals surface area (Å²) in [6, 6.07) is 11.6. The third-order valence-corrected chi connectivity index (χ3v) is 3.58. The lowest BCUT2D eigenvalue weighted by Crippen LogP contribution is -2.35. The predicted molar refractivity (Wildman–Crippen MR) is 80.3 cm³/mol. The molecular weight excluding hydrogens is 299 g/mol. The van der Waals surface area contributed by atoms with Gasteiger partial charge in [-0.2, -0.15) is 0 Å². The van der Waals surface area contributed by atoms with E-state index in [1.807, 2.05) is 30.3 Å². The van der Waals surface area contributed by atoms with E-state index in [0.29, 0.717) is 0 Å². The summed E-state index contributed by atoms with van der Waals surface area (Å²) in [7, 11) is 0. The van der Waals surface area contributed by atoms with E-state index in [9.17, 15) is 9.90 Å². The van der Waals surface area contributed by atoms with Crippen molar-refractivity contribution in [3.8, 4) is 5.75 Å². The molecule has 0 heterocycles. The Hall–Kier alpha value is -1.91. The molecule has 0 fully saturated rings. The second kappa shape index (κ2) is 6.03. The SMILES string of the molecule is NC(=O)N(Cc1ccccc1)c1ccc(Cl)c(Cl)c1O. The van der Waals surface area contributed by atoms with Gasteiger partial charge in [-0.15, -0.1) is 0 Å². The average Bonchev–Trinajstić information content (AvgIpc) is 2.44. The molecule has 0 atom stereocenters. The van der Waals surface area contributed by atoms with Crippen molar-refractivity contribution in [2.24, 2.45) is 5.73 Å². The number of hydrogen-bond donors (Lipinski definition) is 2. The summed E-state index contributed by atoms with van der Waals surface area (Å²) in [6.07, 6.45) is 0. The van der Waals surface area contributed by atoms with Gasteiger partial charge in [0.15, 0.2) is 5.75 Å². The molecule has 0 aliphatic carbocycles. The number of urea groups is 1.